The first kappa shape index (κ1) is 7.58. The van der Waals surface area contributed by atoms with Crippen LogP contribution in [0.1, 0.15) is 20.8 Å². The third kappa shape index (κ3) is 3.19. The Morgan fingerprint density at radius 2 is 1.14 bits per heavy atom. The van der Waals surface area contributed by atoms with Crippen LogP contribution >= 0.6 is 0 Å². The molecular formula is C6H15V. The fourth-order valence-electron chi connectivity index (χ4n) is 0.671. The Hall–Kier alpha value is 0.584. The molecule has 0 radical (unpaired) electrons. The van der Waals surface area contributed by atoms with Crippen LogP contribution in [0.15, 0.2) is 0 Å². The van der Waals surface area contributed by atoms with E-state index in [0.29, 0.717) is 0 Å². The normalized spacial score (nSPS) is 10.3. The van der Waals surface area contributed by atoms with Crippen molar-refractivity contribution in [3.8, 4) is 0 Å². The minimum atomic E-state index is -0.229. The van der Waals surface area contributed by atoms with Crippen LogP contribution in [0.3, 0.4) is 0 Å². The van der Waals surface area contributed by atoms with Crippen molar-refractivity contribution in [2.45, 2.75) is 36.2 Å². The van der Waals surface area contributed by atoms with Gasteiger partial charge in [0.2, 0.25) is 0 Å². The first-order valence-electron chi connectivity index (χ1n) is 3.07. The van der Waals surface area contributed by atoms with Gasteiger partial charge in [-0.05, 0) is 0 Å². The zero-order chi connectivity index (χ0) is 5.70. The molecule has 0 amide bonds. The van der Waals surface area contributed by atoms with Crippen LogP contribution in [0.4, 0.5) is 0 Å². The molecule has 0 N–H and O–H groups in total. The van der Waals surface area contributed by atoms with E-state index in [4.69, 9.17) is 0 Å². The summed E-state index contributed by atoms with van der Waals surface area (Å²) in [6.45, 7) is 6.98. The van der Waals surface area contributed by atoms with Crippen molar-refractivity contribution in [2.75, 3.05) is 0 Å². The standard InChI is InChI=1S/3C2H5.V/c3*1-2;/h3*1H2,2H3;. The molecule has 0 aliphatic carbocycles. The summed E-state index contributed by atoms with van der Waals surface area (Å²) < 4.78 is 0. The van der Waals surface area contributed by atoms with E-state index in [9.17, 15) is 0 Å². The van der Waals surface area contributed by atoms with E-state index in [1.54, 1.807) is 0 Å². The van der Waals surface area contributed by atoms with Gasteiger partial charge >= 0.3 is 51.3 Å². The quantitative estimate of drug-likeness (QED) is 0.562. The van der Waals surface area contributed by atoms with E-state index < -0.39 is 0 Å². The third-order valence-corrected chi connectivity index (χ3v) is 5.53. The molecule has 44 valence electrons. The summed E-state index contributed by atoms with van der Waals surface area (Å²) in [7, 11) is 0. The molecule has 0 atom stereocenters. The summed E-state index contributed by atoms with van der Waals surface area (Å²) in [5.74, 6) is 0. The van der Waals surface area contributed by atoms with Gasteiger partial charge in [-0.3, -0.25) is 0 Å². The van der Waals surface area contributed by atoms with Gasteiger partial charge in [-0.15, -0.1) is 0 Å². The number of hydrogen-bond donors (Lipinski definition) is 0. The second-order valence-corrected chi connectivity index (χ2v) is 6.68. The second kappa shape index (κ2) is 4.74. The van der Waals surface area contributed by atoms with Gasteiger partial charge in [0.25, 0.3) is 0 Å². The molecule has 0 fully saturated rings. The fourth-order valence-corrected chi connectivity index (χ4v) is 2.77. The van der Waals surface area contributed by atoms with Crippen molar-refractivity contribution >= 4 is 0 Å². The molecule has 0 aromatic rings. The summed E-state index contributed by atoms with van der Waals surface area (Å²) in [6, 6.07) is 0. The van der Waals surface area contributed by atoms with Crippen LogP contribution in [0.25, 0.3) is 0 Å². The van der Waals surface area contributed by atoms with Crippen LogP contribution in [-0.2, 0) is 15.2 Å². The number of rotatable bonds is 3. The molecule has 0 aromatic heterocycles. The molecule has 7 heavy (non-hydrogen) atoms. The zero-order valence-electron chi connectivity index (χ0n) is 5.57. The Balaban J connectivity index is 2.99. The van der Waals surface area contributed by atoms with Crippen LogP contribution in [0.5, 0.6) is 0 Å². The third-order valence-electron chi connectivity index (χ3n) is 1.34. The molecule has 0 aromatic carbocycles. The minimum absolute atomic E-state index is 0.229. The zero-order valence-corrected chi connectivity index (χ0v) is 6.97. The Labute approximate surface area is 51.8 Å². The second-order valence-electron chi connectivity index (χ2n) is 1.62. The SMILES string of the molecule is C[CH2][V]([CH2]C)[CH2]C. The van der Waals surface area contributed by atoms with Gasteiger partial charge < -0.3 is 0 Å². The van der Waals surface area contributed by atoms with Crippen molar-refractivity contribution in [2.24, 2.45) is 0 Å². The average molecular weight is 138 g/mol. The Morgan fingerprint density at radius 3 is 1.14 bits per heavy atom. The molecule has 0 saturated heterocycles. The maximum absolute atomic E-state index is 2.33. The number of hydrogen-bond acceptors (Lipinski definition) is 0. The Morgan fingerprint density at radius 1 is 0.857 bits per heavy atom. The van der Waals surface area contributed by atoms with E-state index in [0.717, 1.165) is 0 Å². The van der Waals surface area contributed by atoms with Gasteiger partial charge in [-0.2, -0.15) is 0 Å². The Bertz CT molecular complexity index is 25.7. The van der Waals surface area contributed by atoms with E-state index in [-0.39, 0.29) is 15.2 Å². The van der Waals surface area contributed by atoms with Gasteiger partial charge in [0.15, 0.2) is 0 Å². The van der Waals surface area contributed by atoms with E-state index in [1.165, 1.54) is 15.4 Å². The van der Waals surface area contributed by atoms with Crippen molar-refractivity contribution in [1.82, 2.24) is 0 Å². The van der Waals surface area contributed by atoms with Crippen molar-refractivity contribution in [3.05, 3.63) is 0 Å². The van der Waals surface area contributed by atoms with Crippen molar-refractivity contribution in [3.63, 3.8) is 0 Å². The summed E-state index contributed by atoms with van der Waals surface area (Å²) in [6.07, 6.45) is 0. The maximum atomic E-state index is 2.33. The van der Waals surface area contributed by atoms with Crippen LogP contribution in [0, 0.1) is 0 Å². The van der Waals surface area contributed by atoms with Gasteiger partial charge in [-0.1, -0.05) is 0 Å². The molecule has 0 nitrogen and oxygen atoms in total. The van der Waals surface area contributed by atoms with Gasteiger partial charge in [-0.25, -0.2) is 0 Å². The van der Waals surface area contributed by atoms with Crippen LogP contribution in [0.2, 0.25) is 15.4 Å². The topological polar surface area (TPSA) is 0 Å². The summed E-state index contributed by atoms with van der Waals surface area (Å²) in [4.78, 5) is 0. The summed E-state index contributed by atoms with van der Waals surface area (Å²) >= 11 is -0.229. The first-order chi connectivity index (χ1) is 3.35. The molecule has 0 spiro atoms. The first-order valence-corrected chi connectivity index (χ1v) is 6.03. The van der Waals surface area contributed by atoms with E-state index in [2.05, 4.69) is 20.8 Å². The summed E-state index contributed by atoms with van der Waals surface area (Å²) in [5.41, 5.74) is 0. The predicted octanol–water partition coefficient (Wildman–Crippen LogP) is 2.92. The molecule has 0 bridgehead atoms. The molecule has 0 rings (SSSR count). The van der Waals surface area contributed by atoms with Crippen molar-refractivity contribution < 1.29 is 15.2 Å². The molecule has 0 saturated carbocycles. The summed E-state index contributed by atoms with van der Waals surface area (Å²) in [5, 5.41) is 4.50. The monoisotopic (exact) mass is 138 g/mol. The van der Waals surface area contributed by atoms with E-state index in [1.807, 2.05) is 0 Å². The predicted molar refractivity (Wildman–Crippen MR) is 31.4 cm³/mol. The van der Waals surface area contributed by atoms with E-state index >= 15 is 0 Å². The van der Waals surface area contributed by atoms with Crippen LogP contribution in [-0.4, -0.2) is 0 Å². The average Bonchev–Trinajstić information content (AvgIpc) is 1.72. The van der Waals surface area contributed by atoms with Gasteiger partial charge in [0.05, 0.1) is 0 Å². The molecule has 0 aliphatic rings. The molecule has 0 aliphatic heterocycles. The molecule has 0 unspecified atom stereocenters. The van der Waals surface area contributed by atoms with Gasteiger partial charge in [0.1, 0.15) is 0 Å². The molecule has 0 heterocycles. The molecular weight excluding hydrogens is 123 g/mol. The van der Waals surface area contributed by atoms with Crippen molar-refractivity contribution in [1.29, 1.82) is 0 Å². The van der Waals surface area contributed by atoms with Crippen LogP contribution < -0.4 is 0 Å². The fraction of sp³-hybridized carbons (Fsp3) is 1.00. The Kier molecular flexibility index (Phi) is 5.13. The van der Waals surface area contributed by atoms with Gasteiger partial charge in [0, 0.05) is 0 Å². The molecule has 1 heteroatoms.